The van der Waals surface area contributed by atoms with E-state index in [9.17, 15) is 14.4 Å². The van der Waals surface area contributed by atoms with Gasteiger partial charge in [0.15, 0.2) is 0 Å². The number of ether oxygens (including phenoxy) is 1. The lowest BCUT2D eigenvalue weighted by Crippen LogP contribution is -2.52. The summed E-state index contributed by atoms with van der Waals surface area (Å²) in [6.45, 7) is 5.65. The second kappa shape index (κ2) is 7.44. The molecule has 0 saturated heterocycles. The van der Waals surface area contributed by atoms with E-state index in [0.717, 1.165) is 25.7 Å². The van der Waals surface area contributed by atoms with Gasteiger partial charge in [-0.15, -0.1) is 0 Å². The minimum absolute atomic E-state index is 0.00640. The van der Waals surface area contributed by atoms with Crippen LogP contribution >= 0.6 is 0 Å². The van der Waals surface area contributed by atoms with Gasteiger partial charge in [-0.2, -0.15) is 0 Å². The summed E-state index contributed by atoms with van der Waals surface area (Å²) in [5.41, 5.74) is 1.09. The lowest BCUT2D eigenvalue weighted by atomic mass is 9.93. The Balaban J connectivity index is 1.62. The summed E-state index contributed by atoms with van der Waals surface area (Å²) >= 11 is 0. The minimum atomic E-state index is -0.606. The quantitative estimate of drug-likeness (QED) is 0.770. The standard InChI is InChI=1S/C22H29N3O4/c1-22(2,3)29-21(28)14-7-10-17-18(11-14)24(13-20(27)25(17)16-8-9-16)19(26)12-23-15-5-4-6-15/h7,10-11,15-16,23H,4-6,8-9,12-13H2,1-3H3. The molecule has 0 atom stereocenters. The third-order valence-corrected chi connectivity index (χ3v) is 5.58. The van der Waals surface area contributed by atoms with Gasteiger partial charge in [-0.1, -0.05) is 6.42 Å². The van der Waals surface area contributed by atoms with Crippen LogP contribution in [0.2, 0.25) is 0 Å². The van der Waals surface area contributed by atoms with Gasteiger partial charge in [-0.25, -0.2) is 4.79 Å². The predicted octanol–water partition coefficient (Wildman–Crippen LogP) is 2.63. The van der Waals surface area contributed by atoms with Gasteiger partial charge in [0, 0.05) is 12.1 Å². The molecule has 0 unspecified atom stereocenters. The molecule has 2 amide bonds. The van der Waals surface area contributed by atoms with Gasteiger partial charge in [0.05, 0.1) is 23.5 Å². The molecule has 0 radical (unpaired) electrons. The molecule has 156 valence electrons. The van der Waals surface area contributed by atoms with E-state index in [2.05, 4.69) is 5.32 Å². The lowest BCUT2D eigenvalue weighted by molar-refractivity contribution is -0.122. The van der Waals surface area contributed by atoms with Crippen molar-refractivity contribution in [2.24, 2.45) is 0 Å². The fourth-order valence-electron chi connectivity index (χ4n) is 3.73. The van der Waals surface area contributed by atoms with E-state index >= 15 is 0 Å². The van der Waals surface area contributed by atoms with Crippen molar-refractivity contribution in [2.45, 2.75) is 70.6 Å². The second-order valence-electron chi connectivity index (χ2n) is 9.19. The van der Waals surface area contributed by atoms with Crippen LogP contribution in [0, 0.1) is 0 Å². The minimum Gasteiger partial charge on any atom is -0.456 e. The molecule has 1 aliphatic heterocycles. The second-order valence-corrected chi connectivity index (χ2v) is 9.19. The molecule has 0 spiro atoms. The Hall–Kier alpha value is -2.41. The van der Waals surface area contributed by atoms with Gasteiger partial charge in [0.1, 0.15) is 12.1 Å². The van der Waals surface area contributed by atoms with Crippen LogP contribution in [0.3, 0.4) is 0 Å². The highest BCUT2D eigenvalue weighted by Crippen LogP contribution is 2.41. The first kappa shape index (κ1) is 19.9. The molecular weight excluding hydrogens is 370 g/mol. The van der Waals surface area contributed by atoms with Crippen molar-refractivity contribution < 1.29 is 19.1 Å². The Labute approximate surface area is 171 Å². The van der Waals surface area contributed by atoms with Crippen LogP contribution < -0.4 is 15.1 Å². The summed E-state index contributed by atoms with van der Waals surface area (Å²) < 4.78 is 5.48. The number of anilines is 2. The van der Waals surface area contributed by atoms with E-state index in [-0.39, 0.29) is 30.9 Å². The Morgan fingerprint density at radius 1 is 1.14 bits per heavy atom. The maximum atomic E-state index is 12.9. The van der Waals surface area contributed by atoms with E-state index < -0.39 is 11.6 Å². The Morgan fingerprint density at radius 3 is 2.45 bits per heavy atom. The van der Waals surface area contributed by atoms with Gasteiger partial charge in [0.25, 0.3) is 0 Å². The highest BCUT2D eigenvalue weighted by atomic mass is 16.6. The number of amides is 2. The number of fused-ring (bicyclic) bond motifs is 1. The molecule has 2 aliphatic carbocycles. The highest BCUT2D eigenvalue weighted by Gasteiger charge is 2.41. The number of carbonyl (C=O) groups is 3. The largest absolute Gasteiger partial charge is 0.456 e. The summed E-state index contributed by atoms with van der Waals surface area (Å²) in [4.78, 5) is 41.6. The number of nitrogens with one attached hydrogen (secondary N) is 1. The zero-order valence-electron chi connectivity index (χ0n) is 17.4. The Morgan fingerprint density at radius 2 is 1.86 bits per heavy atom. The molecule has 1 aromatic rings. The first-order chi connectivity index (χ1) is 13.7. The molecule has 3 aliphatic rings. The monoisotopic (exact) mass is 399 g/mol. The third kappa shape index (κ3) is 4.29. The fourth-order valence-corrected chi connectivity index (χ4v) is 3.73. The maximum Gasteiger partial charge on any atom is 0.338 e. The lowest BCUT2D eigenvalue weighted by Gasteiger charge is -2.37. The van der Waals surface area contributed by atoms with Gasteiger partial charge < -0.3 is 15.0 Å². The van der Waals surface area contributed by atoms with Crippen LogP contribution in [-0.4, -0.2) is 48.6 Å². The zero-order chi connectivity index (χ0) is 20.8. The summed E-state index contributed by atoms with van der Waals surface area (Å²) in [7, 11) is 0. The molecule has 7 heteroatoms. The van der Waals surface area contributed by atoms with Crippen molar-refractivity contribution in [3.05, 3.63) is 23.8 Å². The van der Waals surface area contributed by atoms with E-state index in [1.165, 1.54) is 11.3 Å². The SMILES string of the molecule is CC(C)(C)OC(=O)c1ccc2c(c1)N(C(=O)CNC1CCC1)CC(=O)N2C1CC1. The highest BCUT2D eigenvalue weighted by molar-refractivity contribution is 6.12. The molecule has 0 bridgehead atoms. The number of nitrogens with zero attached hydrogens (tertiary/aromatic N) is 2. The van der Waals surface area contributed by atoms with Crippen molar-refractivity contribution in [1.82, 2.24) is 5.32 Å². The molecule has 2 saturated carbocycles. The van der Waals surface area contributed by atoms with Crippen molar-refractivity contribution in [1.29, 1.82) is 0 Å². The van der Waals surface area contributed by atoms with Gasteiger partial charge >= 0.3 is 5.97 Å². The third-order valence-electron chi connectivity index (χ3n) is 5.58. The molecule has 1 heterocycles. The van der Waals surface area contributed by atoms with Gasteiger partial charge in [-0.05, 0) is 64.7 Å². The van der Waals surface area contributed by atoms with Crippen LogP contribution in [-0.2, 0) is 14.3 Å². The summed E-state index contributed by atoms with van der Waals surface area (Å²) in [5.74, 6) is -0.652. The Kier molecular flexibility index (Phi) is 5.11. The molecule has 7 nitrogen and oxygen atoms in total. The molecule has 0 aromatic heterocycles. The number of hydrogen-bond donors (Lipinski definition) is 1. The number of carbonyl (C=O) groups excluding carboxylic acids is 3. The summed E-state index contributed by atoms with van der Waals surface area (Å²) in [6, 6.07) is 5.71. The summed E-state index contributed by atoms with van der Waals surface area (Å²) in [5, 5.41) is 3.27. The van der Waals surface area contributed by atoms with Crippen LogP contribution in [0.5, 0.6) is 0 Å². The average molecular weight is 399 g/mol. The topological polar surface area (TPSA) is 79.0 Å². The first-order valence-corrected chi connectivity index (χ1v) is 10.5. The van der Waals surface area contributed by atoms with E-state index in [0.29, 0.717) is 23.0 Å². The molecule has 2 fully saturated rings. The molecule has 4 rings (SSSR count). The van der Waals surface area contributed by atoms with E-state index in [4.69, 9.17) is 4.74 Å². The average Bonchev–Trinajstić information content (AvgIpc) is 3.42. The fraction of sp³-hybridized carbons (Fsp3) is 0.591. The van der Waals surface area contributed by atoms with Crippen LogP contribution in [0.1, 0.15) is 63.2 Å². The van der Waals surface area contributed by atoms with E-state index in [1.54, 1.807) is 23.1 Å². The van der Waals surface area contributed by atoms with Gasteiger partial charge in [-0.3, -0.25) is 14.5 Å². The van der Waals surface area contributed by atoms with Crippen LogP contribution in [0.4, 0.5) is 11.4 Å². The number of esters is 1. The number of rotatable bonds is 5. The summed E-state index contributed by atoms with van der Waals surface area (Å²) in [6.07, 6.45) is 5.29. The number of benzene rings is 1. The predicted molar refractivity (Wildman–Crippen MR) is 110 cm³/mol. The van der Waals surface area contributed by atoms with Crippen LogP contribution in [0.15, 0.2) is 18.2 Å². The molecule has 1 aromatic carbocycles. The maximum absolute atomic E-state index is 12.9. The van der Waals surface area contributed by atoms with Crippen molar-refractivity contribution in [3.63, 3.8) is 0 Å². The molecule has 1 N–H and O–H groups in total. The van der Waals surface area contributed by atoms with E-state index in [1.807, 2.05) is 20.8 Å². The molecule has 29 heavy (non-hydrogen) atoms. The smallest absolute Gasteiger partial charge is 0.338 e. The normalized spacial score (nSPS) is 19.6. The van der Waals surface area contributed by atoms with Crippen molar-refractivity contribution in [2.75, 3.05) is 22.9 Å². The van der Waals surface area contributed by atoms with Crippen molar-refractivity contribution in [3.8, 4) is 0 Å². The molecular formula is C22H29N3O4. The Bertz CT molecular complexity index is 837. The van der Waals surface area contributed by atoms with Crippen molar-refractivity contribution >= 4 is 29.2 Å². The first-order valence-electron chi connectivity index (χ1n) is 10.5. The number of hydrogen-bond acceptors (Lipinski definition) is 5. The van der Waals surface area contributed by atoms with Gasteiger partial charge in [0.2, 0.25) is 11.8 Å². The van der Waals surface area contributed by atoms with Crippen LogP contribution in [0.25, 0.3) is 0 Å². The zero-order valence-corrected chi connectivity index (χ0v) is 17.4.